The molecule has 0 spiro atoms. The molecule has 0 bridgehead atoms. The van der Waals surface area contributed by atoms with Gasteiger partial charge < -0.3 is 4.90 Å². The van der Waals surface area contributed by atoms with Crippen molar-refractivity contribution in [3.8, 4) is 0 Å². The molecule has 5 rings (SSSR count). The largest absolute Gasteiger partial charge is 0.329 e. The van der Waals surface area contributed by atoms with Crippen LogP contribution in [0.1, 0.15) is 12.7 Å². The summed E-state index contributed by atoms with van der Waals surface area (Å²) in [6.45, 7) is 4.87. The van der Waals surface area contributed by atoms with Crippen molar-refractivity contribution in [2.45, 2.75) is 13.5 Å². The number of amides is 2. The van der Waals surface area contributed by atoms with Crippen molar-refractivity contribution in [2.75, 3.05) is 24.7 Å². The van der Waals surface area contributed by atoms with Crippen molar-refractivity contribution in [1.29, 1.82) is 0 Å². The third kappa shape index (κ3) is 3.52. The van der Waals surface area contributed by atoms with Gasteiger partial charge in [0, 0.05) is 43.3 Å². The number of carbonyl (C=O) groups is 1. The topological polar surface area (TPSA) is 77.0 Å². The summed E-state index contributed by atoms with van der Waals surface area (Å²) in [5.41, 5.74) is 0.811. The number of anilines is 1. The Bertz CT molecular complexity index is 1010. The van der Waals surface area contributed by atoms with Crippen LogP contribution in [0.4, 0.5) is 14.9 Å². The Morgan fingerprint density at radius 3 is 2.70 bits per heavy atom. The third-order valence-corrected chi connectivity index (χ3v) is 5.74. The van der Waals surface area contributed by atoms with Crippen molar-refractivity contribution >= 4 is 17.6 Å². The number of rotatable bonds is 4. The number of aromatic nitrogens is 2. The number of likely N-dealkylation sites (tertiary alicyclic amines) is 1. The maximum atomic E-state index is 13.2. The quantitative estimate of drug-likeness (QED) is 0.842. The van der Waals surface area contributed by atoms with E-state index in [1.165, 1.54) is 12.1 Å². The SMILES string of the molecule is CC1CN(Cc2ncccn2)CC1C1=NC2=CN(c3ccc(F)cc3)CN2C(=O)N1. The average Bonchev–Trinajstić information content (AvgIpc) is 3.33. The van der Waals surface area contributed by atoms with Crippen LogP contribution in [0.15, 0.2) is 59.7 Å². The zero-order chi connectivity index (χ0) is 20.7. The molecule has 1 saturated heterocycles. The summed E-state index contributed by atoms with van der Waals surface area (Å²) < 4.78 is 13.2. The van der Waals surface area contributed by atoms with Crippen LogP contribution >= 0.6 is 0 Å². The van der Waals surface area contributed by atoms with Crippen molar-refractivity contribution in [3.05, 3.63) is 66.4 Å². The smallest absolute Gasteiger partial charge is 0.326 e. The number of fused-ring (bicyclic) bond motifs is 1. The lowest BCUT2D eigenvalue weighted by atomic mass is 9.96. The minimum atomic E-state index is -0.290. The molecule has 0 saturated carbocycles. The van der Waals surface area contributed by atoms with Gasteiger partial charge in [-0.15, -0.1) is 0 Å². The lowest BCUT2D eigenvalue weighted by Gasteiger charge is -2.28. The summed E-state index contributed by atoms with van der Waals surface area (Å²) in [5, 5.41) is 2.98. The van der Waals surface area contributed by atoms with Crippen LogP contribution in [0.5, 0.6) is 0 Å². The summed E-state index contributed by atoms with van der Waals surface area (Å²) in [6, 6.07) is 7.82. The number of halogens is 1. The Morgan fingerprint density at radius 2 is 1.93 bits per heavy atom. The summed E-state index contributed by atoms with van der Waals surface area (Å²) in [5.74, 6) is 2.28. The van der Waals surface area contributed by atoms with Crippen LogP contribution in [-0.4, -0.2) is 51.4 Å². The summed E-state index contributed by atoms with van der Waals surface area (Å²) in [7, 11) is 0. The third-order valence-electron chi connectivity index (χ3n) is 5.74. The summed E-state index contributed by atoms with van der Waals surface area (Å²) in [4.78, 5) is 31.9. The number of amidine groups is 1. The van der Waals surface area contributed by atoms with Crippen molar-refractivity contribution in [3.63, 3.8) is 0 Å². The Kier molecular flexibility index (Phi) is 4.66. The second kappa shape index (κ2) is 7.49. The fourth-order valence-corrected chi connectivity index (χ4v) is 4.19. The predicted molar refractivity (Wildman–Crippen MR) is 110 cm³/mol. The number of nitrogens with one attached hydrogen (secondary N) is 1. The van der Waals surface area contributed by atoms with Crippen molar-refractivity contribution in [1.82, 2.24) is 25.1 Å². The fraction of sp³-hybridized carbons (Fsp3) is 0.333. The Morgan fingerprint density at radius 1 is 1.17 bits per heavy atom. The highest BCUT2D eigenvalue weighted by atomic mass is 19.1. The second-order valence-corrected chi connectivity index (χ2v) is 7.87. The number of hydrogen-bond donors (Lipinski definition) is 1. The molecule has 8 nitrogen and oxygen atoms in total. The highest BCUT2D eigenvalue weighted by Crippen LogP contribution is 2.30. The predicted octanol–water partition coefficient (Wildman–Crippen LogP) is 2.38. The number of nitrogens with zero attached hydrogens (tertiary/aromatic N) is 6. The lowest BCUT2D eigenvalue weighted by molar-refractivity contribution is 0.216. The van der Waals surface area contributed by atoms with Crippen molar-refractivity contribution in [2.24, 2.45) is 16.8 Å². The van der Waals surface area contributed by atoms with Gasteiger partial charge in [0.1, 0.15) is 24.1 Å². The van der Waals surface area contributed by atoms with E-state index in [2.05, 4.69) is 27.1 Å². The van der Waals surface area contributed by atoms with E-state index in [9.17, 15) is 9.18 Å². The molecular weight excluding hydrogens is 385 g/mol. The van der Waals surface area contributed by atoms with Crippen LogP contribution in [0.25, 0.3) is 0 Å². The van der Waals surface area contributed by atoms with Gasteiger partial charge in [0.05, 0.1) is 6.54 Å². The van der Waals surface area contributed by atoms with Crippen LogP contribution in [0.3, 0.4) is 0 Å². The molecule has 3 aliphatic rings. The Hall–Kier alpha value is -3.33. The van der Waals surface area contributed by atoms with E-state index in [-0.39, 0.29) is 17.8 Å². The molecule has 1 N–H and O–H groups in total. The maximum absolute atomic E-state index is 13.2. The molecule has 1 aromatic heterocycles. The Labute approximate surface area is 173 Å². The Balaban J connectivity index is 1.33. The van der Waals surface area contributed by atoms with Gasteiger partial charge >= 0.3 is 6.03 Å². The van der Waals surface area contributed by atoms with E-state index in [4.69, 9.17) is 4.99 Å². The van der Waals surface area contributed by atoms with Gasteiger partial charge in [-0.1, -0.05) is 6.92 Å². The molecule has 0 radical (unpaired) electrons. The van der Waals surface area contributed by atoms with Crippen LogP contribution in [0.2, 0.25) is 0 Å². The highest BCUT2D eigenvalue weighted by molar-refractivity contribution is 6.02. The first-order valence-corrected chi connectivity index (χ1v) is 9.96. The highest BCUT2D eigenvalue weighted by Gasteiger charge is 2.39. The van der Waals surface area contributed by atoms with Gasteiger partial charge in [-0.25, -0.2) is 24.1 Å². The molecule has 154 valence electrons. The molecule has 0 aliphatic carbocycles. The van der Waals surface area contributed by atoms with E-state index in [1.54, 1.807) is 29.4 Å². The molecule has 2 unspecified atom stereocenters. The van der Waals surface area contributed by atoms with E-state index in [0.717, 1.165) is 24.6 Å². The van der Waals surface area contributed by atoms with E-state index in [1.807, 2.05) is 17.2 Å². The monoisotopic (exact) mass is 407 g/mol. The standard InChI is InChI=1S/C21H22FN7O/c1-14-9-27(11-18-23-7-2-8-24-18)10-17(14)20-25-19-12-28(13-29(19)21(30)26-20)16-5-3-15(22)4-6-16/h2-8,12,14,17H,9-11,13H2,1H3,(H,25,26,30). The van der Waals surface area contributed by atoms with Gasteiger partial charge in [0.2, 0.25) is 0 Å². The molecular formula is C21H22FN7O. The molecule has 2 aromatic rings. The van der Waals surface area contributed by atoms with Gasteiger partial charge in [0.25, 0.3) is 0 Å². The molecule has 2 atom stereocenters. The number of aliphatic imine (C=N–C) groups is 1. The van der Waals surface area contributed by atoms with Gasteiger partial charge in [-0.2, -0.15) is 0 Å². The number of hydrogen-bond acceptors (Lipinski definition) is 6. The first kappa shape index (κ1) is 18.7. The number of carbonyl (C=O) groups excluding carboxylic acids is 1. The minimum Gasteiger partial charge on any atom is -0.326 e. The van der Waals surface area contributed by atoms with Gasteiger partial charge in [0.15, 0.2) is 5.82 Å². The second-order valence-electron chi connectivity index (χ2n) is 7.87. The summed E-state index contributed by atoms with van der Waals surface area (Å²) in [6.07, 6.45) is 5.33. The molecule has 3 aliphatic heterocycles. The lowest BCUT2D eigenvalue weighted by Crippen LogP contribution is -2.49. The molecule has 9 heteroatoms. The van der Waals surface area contributed by atoms with Crippen molar-refractivity contribution < 1.29 is 9.18 Å². The number of benzene rings is 1. The minimum absolute atomic E-state index is 0.126. The van der Waals surface area contributed by atoms with E-state index in [0.29, 0.717) is 30.8 Å². The van der Waals surface area contributed by atoms with Gasteiger partial charge in [-0.3, -0.25) is 15.1 Å². The number of urea groups is 1. The zero-order valence-corrected chi connectivity index (χ0v) is 16.6. The van der Waals surface area contributed by atoms with Gasteiger partial charge in [-0.05, 0) is 36.2 Å². The summed E-state index contributed by atoms with van der Waals surface area (Å²) >= 11 is 0. The molecule has 2 amide bonds. The first-order valence-electron chi connectivity index (χ1n) is 9.96. The van der Waals surface area contributed by atoms with Crippen LogP contribution in [-0.2, 0) is 6.54 Å². The normalized spacial score (nSPS) is 23.9. The molecule has 4 heterocycles. The van der Waals surface area contributed by atoms with Crippen LogP contribution in [0, 0.1) is 17.7 Å². The molecule has 30 heavy (non-hydrogen) atoms. The molecule has 1 aromatic carbocycles. The van der Waals surface area contributed by atoms with Crippen LogP contribution < -0.4 is 10.2 Å². The van der Waals surface area contributed by atoms with E-state index < -0.39 is 0 Å². The van der Waals surface area contributed by atoms with E-state index >= 15 is 0 Å². The molecule has 1 fully saturated rings. The average molecular weight is 407 g/mol. The first-order chi connectivity index (χ1) is 14.6. The maximum Gasteiger partial charge on any atom is 0.329 e. The zero-order valence-electron chi connectivity index (χ0n) is 16.6. The fourth-order valence-electron chi connectivity index (χ4n) is 4.19.